The zero-order valence-electron chi connectivity index (χ0n) is 14.5. The van der Waals surface area contributed by atoms with Gasteiger partial charge in [-0.1, -0.05) is 12.8 Å². The zero-order valence-corrected chi connectivity index (χ0v) is 14.5. The van der Waals surface area contributed by atoms with E-state index in [9.17, 15) is 4.79 Å². The first-order chi connectivity index (χ1) is 11.7. The Morgan fingerprint density at radius 3 is 2.54 bits per heavy atom. The smallest absolute Gasteiger partial charge is 0.222 e. The summed E-state index contributed by atoms with van der Waals surface area (Å²) in [7, 11) is 0. The Labute approximate surface area is 143 Å². The third-order valence-electron chi connectivity index (χ3n) is 5.21. The number of rotatable bonds is 10. The summed E-state index contributed by atoms with van der Waals surface area (Å²) in [6, 6.07) is 0. The van der Waals surface area contributed by atoms with Gasteiger partial charge in [0.1, 0.15) is 18.2 Å². The van der Waals surface area contributed by atoms with Gasteiger partial charge in [0.05, 0.1) is 5.56 Å². The molecule has 0 saturated heterocycles. The standard InChI is InChI=1S/C19H27N3O2/c1-12-17(20-10-14-4-5-14)21-18(15-7-8-15)22-19(12)24-11-16(23)9-6-13-2-3-13/h13-15H,2-11H2,1H3,(H,20,21,22). The van der Waals surface area contributed by atoms with Crippen molar-refractivity contribution in [2.45, 2.75) is 64.2 Å². The molecule has 0 amide bonds. The Bertz CT molecular complexity index is 619. The maximum absolute atomic E-state index is 12.0. The van der Waals surface area contributed by atoms with E-state index in [1.165, 1.54) is 25.7 Å². The van der Waals surface area contributed by atoms with E-state index in [-0.39, 0.29) is 12.4 Å². The maximum atomic E-state index is 12.0. The van der Waals surface area contributed by atoms with Gasteiger partial charge in [-0.05, 0) is 50.9 Å². The van der Waals surface area contributed by atoms with E-state index in [0.29, 0.717) is 18.2 Å². The second kappa shape index (κ2) is 6.69. The molecule has 3 fully saturated rings. The number of hydrogen-bond donors (Lipinski definition) is 1. The first-order valence-electron chi connectivity index (χ1n) is 9.46. The number of ether oxygens (including phenoxy) is 1. The summed E-state index contributed by atoms with van der Waals surface area (Å²) in [6.07, 6.45) is 9.18. The molecule has 0 unspecified atom stereocenters. The molecule has 130 valence electrons. The van der Waals surface area contributed by atoms with Crippen molar-refractivity contribution in [3.8, 4) is 5.88 Å². The number of anilines is 1. The summed E-state index contributed by atoms with van der Waals surface area (Å²) < 4.78 is 5.79. The van der Waals surface area contributed by atoms with E-state index in [4.69, 9.17) is 9.72 Å². The van der Waals surface area contributed by atoms with Crippen molar-refractivity contribution in [3.63, 3.8) is 0 Å². The van der Waals surface area contributed by atoms with Crippen molar-refractivity contribution in [2.24, 2.45) is 11.8 Å². The van der Waals surface area contributed by atoms with Crippen LogP contribution in [-0.4, -0.2) is 28.9 Å². The van der Waals surface area contributed by atoms with Gasteiger partial charge in [0.15, 0.2) is 5.78 Å². The number of nitrogens with zero attached hydrogens (tertiary/aromatic N) is 2. The Morgan fingerprint density at radius 2 is 1.88 bits per heavy atom. The Kier molecular flexibility index (Phi) is 4.42. The molecule has 5 heteroatoms. The fraction of sp³-hybridized carbons (Fsp3) is 0.737. The average Bonchev–Trinajstić information content (AvgIpc) is 3.44. The molecule has 1 aromatic rings. The molecule has 0 aliphatic heterocycles. The van der Waals surface area contributed by atoms with E-state index in [0.717, 1.165) is 54.8 Å². The summed E-state index contributed by atoms with van der Waals surface area (Å²) >= 11 is 0. The van der Waals surface area contributed by atoms with Crippen LogP contribution in [0.15, 0.2) is 0 Å². The largest absolute Gasteiger partial charge is 0.469 e. The van der Waals surface area contributed by atoms with Gasteiger partial charge in [-0.2, -0.15) is 4.98 Å². The van der Waals surface area contributed by atoms with Gasteiger partial charge in [0.2, 0.25) is 5.88 Å². The van der Waals surface area contributed by atoms with E-state index < -0.39 is 0 Å². The summed E-state index contributed by atoms with van der Waals surface area (Å²) in [6.45, 7) is 3.09. The van der Waals surface area contributed by atoms with Gasteiger partial charge in [0, 0.05) is 18.9 Å². The quantitative estimate of drug-likeness (QED) is 0.710. The van der Waals surface area contributed by atoms with Gasteiger partial charge in [-0.3, -0.25) is 4.79 Å². The van der Waals surface area contributed by atoms with Crippen LogP contribution in [0.1, 0.15) is 68.7 Å². The Balaban J connectivity index is 1.40. The van der Waals surface area contributed by atoms with Crippen LogP contribution in [0.5, 0.6) is 5.88 Å². The van der Waals surface area contributed by atoms with Crippen molar-refractivity contribution in [1.29, 1.82) is 0 Å². The topological polar surface area (TPSA) is 64.1 Å². The molecule has 0 bridgehead atoms. The molecule has 0 radical (unpaired) electrons. The monoisotopic (exact) mass is 329 g/mol. The molecule has 0 spiro atoms. The lowest BCUT2D eigenvalue weighted by Gasteiger charge is -2.14. The highest BCUT2D eigenvalue weighted by atomic mass is 16.5. The van der Waals surface area contributed by atoms with Gasteiger partial charge < -0.3 is 10.1 Å². The minimum atomic E-state index is 0.136. The fourth-order valence-corrected chi connectivity index (χ4v) is 2.90. The first kappa shape index (κ1) is 15.9. The van der Waals surface area contributed by atoms with Gasteiger partial charge >= 0.3 is 0 Å². The van der Waals surface area contributed by atoms with Crippen LogP contribution in [-0.2, 0) is 4.79 Å². The molecule has 3 aliphatic rings. The van der Waals surface area contributed by atoms with Crippen LogP contribution >= 0.6 is 0 Å². The second-order valence-corrected chi connectivity index (χ2v) is 7.77. The highest BCUT2D eigenvalue weighted by Gasteiger charge is 2.29. The summed E-state index contributed by atoms with van der Waals surface area (Å²) in [5.41, 5.74) is 0.926. The molecule has 0 atom stereocenters. The Hall–Kier alpha value is -1.65. The van der Waals surface area contributed by atoms with Crippen molar-refractivity contribution < 1.29 is 9.53 Å². The van der Waals surface area contributed by atoms with Crippen molar-refractivity contribution in [1.82, 2.24) is 9.97 Å². The third-order valence-corrected chi connectivity index (χ3v) is 5.21. The molecule has 5 nitrogen and oxygen atoms in total. The number of nitrogens with one attached hydrogen (secondary N) is 1. The van der Waals surface area contributed by atoms with Crippen molar-refractivity contribution in [3.05, 3.63) is 11.4 Å². The first-order valence-corrected chi connectivity index (χ1v) is 9.46. The predicted molar refractivity (Wildman–Crippen MR) is 92.4 cm³/mol. The average molecular weight is 329 g/mol. The molecule has 4 rings (SSSR count). The molecule has 1 heterocycles. The SMILES string of the molecule is Cc1c(NCC2CC2)nc(C2CC2)nc1OCC(=O)CCC1CC1. The van der Waals surface area contributed by atoms with Crippen LogP contribution < -0.4 is 10.1 Å². The second-order valence-electron chi connectivity index (χ2n) is 7.77. The number of Topliss-reactive ketones (excluding diaryl/α,β-unsaturated/α-hetero) is 1. The third kappa shape index (κ3) is 4.25. The summed E-state index contributed by atoms with van der Waals surface area (Å²) in [4.78, 5) is 21.3. The van der Waals surface area contributed by atoms with Gasteiger partial charge in [0.25, 0.3) is 0 Å². The lowest BCUT2D eigenvalue weighted by atomic mass is 10.2. The van der Waals surface area contributed by atoms with Crippen molar-refractivity contribution in [2.75, 3.05) is 18.5 Å². The normalized spacial score (nSPS) is 20.0. The van der Waals surface area contributed by atoms with E-state index in [1.54, 1.807) is 0 Å². The molecule has 24 heavy (non-hydrogen) atoms. The molecular formula is C19H27N3O2. The summed E-state index contributed by atoms with van der Waals surface area (Å²) in [5.74, 6) is 4.58. The van der Waals surface area contributed by atoms with Crippen molar-refractivity contribution >= 4 is 11.6 Å². The number of ketones is 1. The lowest BCUT2D eigenvalue weighted by Crippen LogP contribution is -2.15. The lowest BCUT2D eigenvalue weighted by molar-refractivity contribution is -0.121. The number of carbonyl (C=O) groups excluding carboxylic acids is 1. The van der Waals surface area contributed by atoms with Gasteiger partial charge in [-0.25, -0.2) is 4.98 Å². The van der Waals surface area contributed by atoms with Crippen LogP contribution in [0.25, 0.3) is 0 Å². The zero-order chi connectivity index (χ0) is 16.5. The Morgan fingerprint density at radius 1 is 1.12 bits per heavy atom. The highest BCUT2D eigenvalue weighted by Crippen LogP contribution is 2.40. The predicted octanol–water partition coefficient (Wildman–Crippen LogP) is 3.62. The summed E-state index contributed by atoms with van der Waals surface area (Å²) in [5, 5.41) is 3.46. The van der Waals surface area contributed by atoms with Crippen LogP contribution in [0.4, 0.5) is 5.82 Å². The van der Waals surface area contributed by atoms with Crippen LogP contribution in [0, 0.1) is 18.8 Å². The minimum absolute atomic E-state index is 0.136. The number of carbonyl (C=O) groups is 1. The number of aromatic nitrogens is 2. The van der Waals surface area contributed by atoms with E-state index in [1.807, 2.05) is 6.92 Å². The molecule has 1 aromatic heterocycles. The molecule has 1 N–H and O–H groups in total. The number of hydrogen-bond acceptors (Lipinski definition) is 5. The van der Waals surface area contributed by atoms with Gasteiger partial charge in [-0.15, -0.1) is 0 Å². The molecular weight excluding hydrogens is 302 g/mol. The molecule has 3 saturated carbocycles. The highest BCUT2D eigenvalue weighted by molar-refractivity contribution is 5.80. The fourth-order valence-electron chi connectivity index (χ4n) is 2.90. The van der Waals surface area contributed by atoms with Crippen LogP contribution in [0.3, 0.4) is 0 Å². The molecule has 0 aromatic carbocycles. The van der Waals surface area contributed by atoms with E-state index >= 15 is 0 Å². The molecule has 3 aliphatic carbocycles. The van der Waals surface area contributed by atoms with E-state index in [2.05, 4.69) is 10.3 Å². The minimum Gasteiger partial charge on any atom is -0.469 e. The van der Waals surface area contributed by atoms with Crippen LogP contribution in [0.2, 0.25) is 0 Å². The maximum Gasteiger partial charge on any atom is 0.222 e.